The second-order valence-corrected chi connectivity index (χ2v) is 3.74. The van der Waals surface area contributed by atoms with Crippen molar-refractivity contribution < 1.29 is 9.15 Å². The summed E-state index contributed by atoms with van der Waals surface area (Å²) in [5.74, 6) is 0.860. The van der Waals surface area contributed by atoms with Crippen LogP contribution in [0, 0.1) is 5.92 Å². The maximum absolute atomic E-state index is 5.39. The number of rotatable bonds is 5. The van der Waals surface area contributed by atoms with Gasteiger partial charge in [0.15, 0.2) is 0 Å². The normalized spacial score (nSPS) is 16.6. The number of hydrogen-bond donors (Lipinski definition) is 1. The maximum Gasteiger partial charge on any atom is 0.393 e. The molecule has 2 rings (SSSR count). The molecule has 14 heavy (non-hydrogen) atoms. The Bertz CT molecular complexity index is 281. The van der Waals surface area contributed by atoms with Crippen molar-refractivity contribution in [2.45, 2.75) is 32.2 Å². The average molecular weight is 196 g/mol. The summed E-state index contributed by atoms with van der Waals surface area (Å²) < 4.78 is 10.4. The van der Waals surface area contributed by atoms with Crippen molar-refractivity contribution in [1.29, 1.82) is 0 Å². The molecule has 1 aliphatic carbocycles. The number of oxazole rings is 1. The van der Waals surface area contributed by atoms with Crippen LogP contribution in [0.15, 0.2) is 10.7 Å². The molecule has 1 heterocycles. The van der Waals surface area contributed by atoms with Gasteiger partial charge in [0.25, 0.3) is 0 Å². The molecule has 0 saturated heterocycles. The highest BCUT2D eigenvalue weighted by molar-refractivity contribution is 4.98. The molecular formula is C10H16N2O2. The Morgan fingerprint density at radius 3 is 3.00 bits per heavy atom. The van der Waals surface area contributed by atoms with Gasteiger partial charge in [-0.05, 0) is 12.3 Å². The fourth-order valence-corrected chi connectivity index (χ4v) is 1.54. The number of aromatic nitrogens is 1. The van der Waals surface area contributed by atoms with Gasteiger partial charge in [-0.3, -0.25) is 0 Å². The van der Waals surface area contributed by atoms with E-state index in [-0.39, 0.29) is 0 Å². The molecule has 2 N–H and O–H groups in total. The summed E-state index contributed by atoms with van der Waals surface area (Å²) in [6.07, 6.45) is 7.08. The zero-order valence-corrected chi connectivity index (χ0v) is 8.24. The minimum Gasteiger partial charge on any atom is -0.450 e. The summed E-state index contributed by atoms with van der Waals surface area (Å²) in [6.45, 7) is 1.10. The van der Waals surface area contributed by atoms with Gasteiger partial charge in [-0.25, -0.2) is 0 Å². The molecule has 1 aromatic rings. The van der Waals surface area contributed by atoms with Crippen LogP contribution in [0.4, 0.5) is 0 Å². The molecule has 0 atom stereocenters. The van der Waals surface area contributed by atoms with Gasteiger partial charge in [-0.15, -0.1) is 0 Å². The van der Waals surface area contributed by atoms with Crippen molar-refractivity contribution >= 4 is 0 Å². The minimum absolute atomic E-state index is 0.352. The van der Waals surface area contributed by atoms with Crippen LogP contribution in [-0.2, 0) is 6.54 Å². The number of nitrogens with zero attached hydrogens (tertiary/aromatic N) is 1. The molecular weight excluding hydrogens is 180 g/mol. The highest BCUT2D eigenvalue weighted by atomic mass is 16.6. The predicted octanol–water partition coefficient (Wildman–Crippen LogP) is 1.70. The Hall–Kier alpha value is -1.03. The first-order chi connectivity index (χ1) is 6.88. The Balaban J connectivity index is 1.68. The van der Waals surface area contributed by atoms with Gasteiger partial charge in [0.05, 0.1) is 12.3 Å². The summed E-state index contributed by atoms with van der Waals surface area (Å²) in [5, 5.41) is 0. The lowest BCUT2D eigenvalue weighted by Gasteiger charge is -2.24. The van der Waals surface area contributed by atoms with Crippen LogP contribution in [0.25, 0.3) is 0 Å². The molecule has 0 unspecified atom stereocenters. The molecule has 1 aromatic heterocycles. The zero-order valence-electron chi connectivity index (χ0n) is 8.24. The number of nitrogens with two attached hydrogens (primary N) is 1. The van der Waals surface area contributed by atoms with Gasteiger partial charge < -0.3 is 14.9 Å². The molecule has 0 spiro atoms. The van der Waals surface area contributed by atoms with Crippen molar-refractivity contribution in [1.82, 2.24) is 4.98 Å². The van der Waals surface area contributed by atoms with Crippen LogP contribution in [0.2, 0.25) is 0 Å². The SMILES string of the molecule is NCc1coc(OCCC2CCC2)n1. The lowest BCUT2D eigenvalue weighted by molar-refractivity contribution is 0.183. The maximum atomic E-state index is 5.39. The highest BCUT2D eigenvalue weighted by Gasteiger charge is 2.17. The Morgan fingerprint density at radius 2 is 2.43 bits per heavy atom. The van der Waals surface area contributed by atoms with Crippen LogP contribution >= 0.6 is 0 Å². The minimum atomic E-state index is 0.352. The Kier molecular flexibility index (Phi) is 3.03. The molecule has 0 bridgehead atoms. The molecule has 0 aromatic carbocycles. The molecule has 4 heteroatoms. The molecule has 0 amide bonds. The lowest BCUT2D eigenvalue weighted by Crippen LogP contribution is -2.14. The smallest absolute Gasteiger partial charge is 0.393 e. The first-order valence-electron chi connectivity index (χ1n) is 5.16. The van der Waals surface area contributed by atoms with Crippen LogP contribution in [-0.4, -0.2) is 11.6 Å². The Morgan fingerprint density at radius 1 is 1.57 bits per heavy atom. The Labute approximate surface area is 83.4 Å². The van der Waals surface area contributed by atoms with E-state index in [4.69, 9.17) is 14.9 Å². The van der Waals surface area contributed by atoms with E-state index in [0.29, 0.717) is 19.2 Å². The largest absolute Gasteiger partial charge is 0.450 e. The average Bonchev–Trinajstić information content (AvgIpc) is 2.57. The van der Waals surface area contributed by atoms with Gasteiger partial charge in [0, 0.05) is 6.54 Å². The summed E-state index contributed by atoms with van der Waals surface area (Å²) in [5.41, 5.74) is 6.13. The fraction of sp³-hybridized carbons (Fsp3) is 0.700. The zero-order chi connectivity index (χ0) is 9.80. The van der Waals surface area contributed by atoms with E-state index in [1.165, 1.54) is 19.3 Å². The standard InChI is InChI=1S/C10H16N2O2/c11-6-9-7-14-10(12-9)13-5-4-8-2-1-3-8/h7-8H,1-6,11H2. The van der Waals surface area contributed by atoms with E-state index in [9.17, 15) is 0 Å². The van der Waals surface area contributed by atoms with Crippen molar-refractivity contribution in [3.63, 3.8) is 0 Å². The van der Waals surface area contributed by atoms with E-state index in [0.717, 1.165) is 18.0 Å². The van der Waals surface area contributed by atoms with Gasteiger partial charge in [0.1, 0.15) is 6.26 Å². The topological polar surface area (TPSA) is 61.3 Å². The fourth-order valence-electron chi connectivity index (χ4n) is 1.54. The van der Waals surface area contributed by atoms with Gasteiger partial charge in [-0.1, -0.05) is 19.3 Å². The molecule has 78 valence electrons. The van der Waals surface area contributed by atoms with Crippen LogP contribution in [0.3, 0.4) is 0 Å². The van der Waals surface area contributed by atoms with Crippen molar-refractivity contribution in [2.24, 2.45) is 11.7 Å². The van der Waals surface area contributed by atoms with Crippen LogP contribution in [0.5, 0.6) is 6.08 Å². The van der Waals surface area contributed by atoms with Crippen LogP contribution < -0.4 is 10.5 Å². The molecule has 4 nitrogen and oxygen atoms in total. The molecule has 1 fully saturated rings. The summed E-state index contributed by atoms with van der Waals surface area (Å²) >= 11 is 0. The quantitative estimate of drug-likeness (QED) is 0.778. The molecule has 0 aliphatic heterocycles. The second-order valence-electron chi connectivity index (χ2n) is 3.74. The van der Waals surface area contributed by atoms with Gasteiger partial charge in [-0.2, -0.15) is 4.98 Å². The van der Waals surface area contributed by atoms with E-state index in [2.05, 4.69) is 4.98 Å². The first-order valence-corrected chi connectivity index (χ1v) is 5.16. The molecule has 1 saturated carbocycles. The molecule has 0 radical (unpaired) electrons. The lowest BCUT2D eigenvalue weighted by atomic mass is 9.83. The highest BCUT2D eigenvalue weighted by Crippen LogP contribution is 2.29. The third-order valence-corrected chi connectivity index (χ3v) is 2.72. The van der Waals surface area contributed by atoms with Crippen molar-refractivity contribution in [3.05, 3.63) is 12.0 Å². The van der Waals surface area contributed by atoms with E-state index in [1.807, 2.05) is 0 Å². The predicted molar refractivity (Wildman–Crippen MR) is 51.8 cm³/mol. The monoisotopic (exact) mass is 196 g/mol. The number of hydrogen-bond acceptors (Lipinski definition) is 4. The third-order valence-electron chi connectivity index (χ3n) is 2.72. The second kappa shape index (κ2) is 4.46. The summed E-state index contributed by atoms with van der Waals surface area (Å²) in [6, 6.07) is 0. The summed E-state index contributed by atoms with van der Waals surface area (Å²) in [4.78, 5) is 4.06. The van der Waals surface area contributed by atoms with Crippen molar-refractivity contribution in [2.75, 3.05) is 6.61 Å². The first kappa shape index (κ1) is 9.52. The van der Waals surface area contributed by atoms with E-state index < -0.39 is 0 Å². The third kappa shape index (κ3) is 2.26. The van der Waals surface area contributed by atoms with Crippen LogP contribution in [0.1, 0.15) is 31.4 Å². The molecule has 1 aliphatic rings. The summed E-state index contributed by atoms with van der Waals surface area (Å²) in [7, 11) is 0. The number of ether oxygens (including phenoxy) is 1. The van der Waals surface area contributed by atoms with E-state index >= 15 is 0 Å². The van der Waals surface area contributed by atoms with Crippen molar-refractivity contribution in [3.8, 4) is 6.08 Å². The van der Waals surface area contributed by atoms with Gasteiger partial charge in [0.2, 0.25) is 0 Å². The van der Waals surface area contributed by atoms with Gasteiger partial charge >= 0.3 is 6.08 Å². The van der Waals surface area contributed by atoms with E-state index in [1.54, 1.807) is 6.26 Å².